The summed E-state index contributed by atoms with van der Waals surface area (Å²) in [7, 11) is 5.34. The number of amides is 3. The molecule has 0 radical (unpaired) electrons. The van der Waals surface area contributed by atoms with Crippen molar-refractivity contribution in [1.82, 2.24) is 15.2 Å². The Balaban J connectivity index is 0.00000400. The minimum Gasteiger partial charge on any atom is -0.497 e. The van der Waals surface area contributed by atoms with Crippen molar-refractivity contribution in [2.24, 2.45) is 0 Å². The standard InChI is InChI=1S/C33H32FN5O5.CH4/c1-39(2)13-12-35-32(41)19-6-8-20(9-7-19)36-33(42)37-21-10-11-27-25(14-21)31(40)28(44-27)17-24-23-15-22(43-3)16-26(34)30(23)38-29(24)18-4-5-18;/h6-11,14-18,38H,4-5,12-13H2,1-3H3,(H,35,41)(H2,36,37,42);1H4/b28-17-;. The van der Waals surface area contributed by atoms with E-state index >= 15 is 0 Å². The van der Waals surface area contributed by atoms with Crippen LogP contribution in [0.15, 0.2) is 60.4 Å². The number of aromatic amines is 1. The van der Waals surface area contributed by atoms with Gasteiger partial charge >= 0.3 is 6.03 Å². The number of fused-ring (bicyclic) bond motifs is 2. The van der Waals surface area contributed by atoms with Gasteiger partial charge in [0.2, 0.25) is 5.78 Å². The molecule has 1 fully saturated rings. The fourth-order valence-electron chi connectivity index (χ4n) is 5.13. The number of benzene rings is 3. The summed E-state index contributed by atoms with van der Waals surface area (Å²) in [5.74, 6) is 0.142. The highest BCUT2D eigenvalue weighted by atomic mass is 19.1. The number of ether oxygens (including phenoxy) is 2. The number of urea groups is 1. The first-order valence-corrected chi connectivity index (χ1v) is 14.3. The van der Waals surface area contributed by atoms with Gasteiger partial charge in [-0.2, -0.15) is 0 Å². The summed E-state index contributed by atoms with van der Waals surface area (Å²) in [6.45, 7) is 1.26. The summed E-state index contributed by atoms with van der Waals surface area (Å²) in [6, 6.07) is 13.9. The van der Waals surface area contributed by atoms with Crippen molar-refractivity contribution >= 4 is 46.1 Å². The number of hydrogen-bond acceptors (Lipinski definition) is 6. The van der Waals surface area contributed by atoms with Crippen molar-refractivity contribution in [3.8, 4) is 11.5 Å². The van der Waals surface area contributed by atoms with Gasteiger partial charge < -0.3 is 35.3 Å². The van der Waals surface area contributed by atoms with Crippen molar-refractivity contribution in [3.05, 3.63) is 88.6 Å². The quantitative estimate of drug-likeness (QED) is 0.162. The molecule has 0 bridgehead atoms. The van der Waals surface area contributed by atoms with Gasteiger partial charge in [-0.1, -0.05) is 7.43 Å². The van der Waals surface area contributed by atoms with Gasteiger partial charge in [-0.25, -0.2) is 9.18 Å². The Hall–Kier alpha value is -5.16. The van der Waals surface area contributed by atoms with Crippen LogP contribution >= 0.6 is 0 Å². The predicted molar refractivity (Wildman–Crippen MR) is 173 cm³/mol. The lowest BCUT2D eigenvalue weighted by molar-refractivity contribution is 0.0950. The molecule has 11 heteroatoms. The number of methoxy groups -OCH3 is 1. The third-order valence-corrected chi connectivity index (χ3v) is 7.58. The molecule has 3 amide bonds. The topological polar surface area (TPSA) is 125 Å². The molecule has 0 saturated heterocycles. The number of likely N-dealkylation sites (N-methyl/N-ethyl adjacent to an activating group) is 1. The highest BCUT2D eigenvalue weighted by Gasteiger charge is 2.32. The zero-order valence-corrected chi connectivity index (χ0v) is 24.5. The Morgan fingerprint density at radius 3 is 2.47 bits per heavy atom. The Morgan fingerprint density at radius 2 is 1.78 bits per heavy atom. The van der Waals surface area contributed by atoms with Crippen LogP contribution in [0.3, 0.4) is 0 Å². The van der Waals surface area contributed by atoms with Gasteiger partial charge in [-0.3, -0.25) is 9.59 Å². The SMILES string of the molecule is C.COc1cc(F)c2[nH]c(C3CC3)c(/C=C3\Oc4ccc(NC(=O)Nc5ccc(C(=O)NCCN(C)C)cc5)cc4C3=O)c2c1. The Kier molecular flexibility index (Phi) is 8.92. The number of anilines is 2. The van der Waals surface area contributed by atoms with E-state index < -0.39 is 11.8 Å². The molecule has 45 heavy (non-hydrogen) atoms. The molecular formula is C34H36FN5O5. The van der Waals surface area contributed by atoms with Gasteiger partial charge in [0, 0.05) is 52.7 Å². The lowest BCUT2D eigenvalue weighted by Gasteiger charge is -2.11. The van der Waals surface area contributed by atoms with Gasteiger partial charge in [0.05, 0.1) is 18.2 Å². The minimum absolute atomic E-state index is 0. The molecule has 1 aromatic heterocycles. The first-order valence-electron chi connectivity index (χ1n) is 14.3. The van der Waals surface area contributed by atoms with Gasteiger partial charge in [0.25, 0.3) is 5.91 Å². The van der Waals surface area contributed by atoms with Crippen LogP contribution in [-0.4, -0.2) is 61.9 Å². The molecule has 1 aliphatic heterocycles. The maximum Gasteiger partial charge on any atom is 0.323 e. The van der Waals surface area contributed by atoms with E-state index in [2.05, 4.69) is 20.9 Å². The zero-order valence-electron chi connectivity index (χ0n) is 24.5. The van der Waals surface area contributed by atoms with Crippen molar-refractivity contribution in [1.29, 1.82) is 0 Å². The summed E-state index contributed by atoms with van der Waals surface area (Å²) in [5, 5.41) is 8.91. The minimum atomic E-state index is -0.515. The molecule has 0 atom stereocenters. The van der Waals surface area contributed by atoms with Crippen LogP contribution in [0.1, 0.15) is 58.2 Å². The van der Waals surface area contributed by atoms with Crippen LogP contribution in [-0.2, 0) is 0 Å². The molecule has 4 N–H and O–H groups in total. The lowest BCUT2D eigenvalue weighted by Crippen LogP contribution is -2.31. The van der Waals surface area contributed by atoms with Gasteiger partial charge in [-0.05, 0) is 87.5 Å². The predicted octanol–water partition coefficient (Wildman–Crippen LogP) is 6.38. The van der Waals surface area contributed by atoms with E-state index in [0.29, 0.717) is 57.0 Å². The van der Waals surface area contributed by atoms with Gasteiger partial charge in [-0.15, -0.1) is 0 Å². The summed E-state index contributed by atoms with van der Waals surface area (Å²) >= 11 is 0. The van der Waals surface area contributed by atoms with E-state index in [1.165, 1.54) is 13.2 Å². The van der Waals surface area contributed by atoms with E-state index in [9.17, 15) is 18.8 Å². The average Bonchev–Trinajstić information content (AvgIpc) is 3.71. The number of nitrogens with one attached hydrogen (secondary N) is 4. The van der Waals surface area contributed by atoms with Crippen molar-refractivity contribution in [2.75, 3.05) is 44.9 Å². The number of allylic oxidation sites excluding steroid dienone is 1. The number of carbonyl (C=O) groups excluding carboxylic acids is 3. The molecule has 3 aromatic carbocycles. The smallest absolute Gasteiger partial charge is 0.323 e. The fraction of sp³-hybridized carbons (Fsp3) is 0.265. The number of carbonyl (C=O) groups is 3. The molecule has 2 heterocycles. The number of nitrogens with zero attached hydrogens (tertiary/aromatic N) is 1. The third-order valence-electron chi connectivity index (χ3n) is 7.58. The largest absolute Gasteiger partial charge is 0.497 e. The summed E-state index contributed by atoms with van der Waals surface area (Å²) < 4.78 is 26.0. The molecule has 1 aliphatic carbocycles. The normalized spacial score (nSPS) is 14.6. The average molecular weight is 614 g/mol. The van der Waals surface area contributed by atoms with E-state index in [4.69, 9.17) is 9.47 Å². The molecule has 10 nitrogen and oxygen atoms in total. The number of H-pyrrole nitrogens is 1. The molecule has 4 aromatic rings. The fourth-order valence-corrected chi connectivity index (χ4v) is 5.13. The number of rotatable bonds is 9. The maximum absolute atomic E-state index is 14.8. The van der Waals surface area contributed by atoms with Crippen LogP contribution in [0.25, 0.3) is 17.0 Å². The Labute approximate surface area is 260 Å². The van der Waals surface area contributed by atoms with E-state index in [1.807, 2.05) is 19.0 Å². The molecule has 234 valence electrons. The Bertz CT molecular complexity index is 1810. The zero-order chi connectivity index (χ0) is 31.0. The van der Waals surface area contributed by atoms with E-state index in [-0.39, 0.29) is 30.8 Å². The number of ketones is 1. The van der Waals surface area contributed by atoms with Crippen LogP contribution in [0.4, 0.5) is 20.6 Å². The van der Waals surface area contributed by atoms with Crippen LogP contribution < -0.4 is 25.4 Å². The number of Topliss-reactive ketones (excluding diaryl/α,β-unsaturated/α-hetero) is 1. The first-order chi connectivity index (χ1) is 21.2. The summed E-state index contributed by atoms with van der Waals surface area (Å²) in [4.78, 5) is 43.6. The highest BCUT2D eigenvalue weighted by Crippen LogP contribution is 2.45. The summed E-state index contributed by atoms with van der Waals surface area (Å²) in [6.07, 6.45) is 3.61. The lowest BCUT2D eigenvalue weighted by atomic mass is 10.0. The van der Waals surface area contributed by atoms with Crippen molar-refractivity contribution in [2.45, 2.75) is 26.2 Å². The summed E-state index contributed by atoms with van der Waals surface area (Å²) in [5.41, 5.74) is 3.60. The molecule has 1 saturated carbocycles. The molecule has 0 spiro atoms. The molecule has 0 unspecified atom stereocenters. The third kappa shape index (κ3) is 6.68. The second-order valence-corrected chi connectivity index (χ2v) is 11.1. The van der Waals surface area contributed by atoms with E-state index in [1.54, 1.807) is 54.6 Å². The number of hydrogen-bond donors (Lipinski definition) is 4. The second-order valence-electron chi connectivity index (χ2n) is 11.1. The molecular weight excluding hydrogens is 577 g/mol. The van der Waals surface area contributed by atoms with Gasteiger partial charge in [0.15, 0.2) is 11.6 Å². The first kappa shape index (κ1) is 31.3. The number of halogens is 1. The number of aromatic nitrogens is 1. The highest BCUT2D eigenvalue weighted by molar-refractivity contribution is 6.16. The molecule has 2 aliphatic rings. The monoisotopic (exact) mass is 613 g/mol. The molecule has 6 rings (SSSR count). The van der Waals surface area contributed by atoms with Gasteiger partial charge in [0.1, 0.15) is 11.5 Å². The second kappa shape index (κ2) is 12.8. The Morgan fingerprint density at radius 1 is 1.07 bits per heavy atom. The van der Waals surface area contributed by atoms with Crippen LogP contribution in [0, 0.1) is 5.82 Å². The van der Waals surface area contributed by atoms with E-state index in [0.717, 1.165) is 25.1 Å². The van der Waals surface area contributed by atoms with Crippen molar-refractivity contribution < 1.29 is 28.2 Å². The van der Waals surface area contributed by atoms with Crippen LogP contribution in [0.5, 0.6) is 11.5 Å². The van der Waals surface area contributed by atoms with Crippen LogP contribution in [0.2, 0.25) is 0 Å². The maximum atomic E-state index is 14.8. The van der Waals surface area contributed by atoms with Crippen molar-refractivity contribution in [3.63, 3.8) is 0 Å².